The van der Waals surface area contributed by atoms with Gasteiger partial charge in [-0.25, -0.2) is 9.97 Å². The number of hydrogen-bond acceptors (Lipinski definition) is 6. The predicted octanol–water partition coefficient (Wildman–Crippen LogP) is 1.88. The van der Waals surface area contributed by atoms with Crippen LogP contribution in [0.4, 0.5) is 5.82 Å². The van der Waals surface area contributed by atoms with Gasteiger partial charge in [-0.1, -0.05) is 6.07 Å². The highest BCUT2D eigenvalue weighted by Gasteiger charge is 2.29. The van der Waals surface area contributed by atoms with Gasteiger partial charge in [-0.2, -0.15) is 0 Å². The Bertz CT molecular complexity index is 628. The molecule has 6 heteroatoms. The van der Waals surface area contributed by atoms with Gasteiger partial charge in [-0.3, -0.25) is 4.98 Å². The second-order valence-electron chi connectivity index (χ2n) is 5.99. The van der Waals surface area contributed by atoms with Gasteiger partial charge in [0, 0.05) is 49.8 Å². The van der Waals surface area contributed by atoms with E-state index in [4.69, 9.17) is 10.5 Å². The van der Waals surface area contributed by atoms with E-state index in [9.17, 15) is 0 Å². The summed E-state index contributed by atoms with van der Waals surface area (Å²) in [7, 11) is 1.66. The number of ether oxygens (including phenoxy) is 1. The van der Waals surface area contributed by atoms with Crippen LogP contribution in [0.5, 0.6) is 0 Å². The number of nitrogens with zero attached hydrogens (tertiary/aromatic N) is 3. The van der Waals surface area contributed by atoms with Gasteiger partial charge in [0.25, 0.3) is 0 Å². The molecule has 0 aromatic carbocycles. The van der Waals surface area contributed by atoms with Gasteiger partial charge in [0.05, 0.1) is 0 Å². The molecule has 0 atom stereocenters. The lowest BCUT2D eigenvalue weighted by molar-refractivity contribution is 0.177. The maximum absolute atomic E-state index is 5.90. The van der Waals surface area contributed by atoms with Crippen LogP contribution in [0.15, 0.2) is 30.6 Å². The number of hydrogen-bond donors (Lipinski definition) is 2. The fraction of sp³-hybridized carbons (Fsp3) is 0.471. The molecule has 0 bridgehead atoms. The summed E-state index contributed by atoms with van der Waals surface area (Å²) in [6.45, 7) is 1.22. The van der Waals surface area contributed by atoms with E-state index in [-0.39, 0.29) is 0 Å². The van der Waals surface area contributed by atoms with Crippen LogP contribution in [0.2, 0.25) is 0 Å². The van der Waals surface area contributed by atoms with Gasteiger partial charge in [-0.05, 0) is 30.9 Å². The van der Waals surface area contributed by atoms with Crippen molar-refractivity contribution in [1.82, 2.24) is 15.0 Å². The first-order chi connectivity index (χ1) is 11.2. The fourth-order valence-corrected chi connectivity index (χ4v) is 2.80. The molecule has 3 N–H and O–H groups in total. The van der Waals surface area contributed by atoms with Crippen LogP contribution in [0, 0.1) is 0 Å². The lowest BCUT2D eigenvalue weighted by Gasteiger charge is -2.32. The van der Waals surface area contributed by atoms with E-state index in [1.165, 1.54) is 5.56 Å². The standard InChI is InChI=1S/C17H23N5O/c1-23-11-17-21-15(13-7-14(18)8-13)9-16(22-17)20-6-4-12-3-2-5-19-10-12/h2-3,5,9-10,13-14H,4,6-8,11,18H2,1H3,(H,20,21,22). The monoisotopic (exact) mass is 313 g/mol. The zero-order chi connectivity index (χ0) is 16.1. The Labute approximate surface area is 136 Å². The van der Waals surface area contributed by atoms with E-state index < -0.39 is 0 Å². The van der Waals surface area contributed by atoms with Gasteiger partial charge in [0.1, 0.15) is 12.4 Å². The summed E-state index contributed by atoms with van der Waals surface area (Å²) < 4.78 is 5.18. The van der Waals surface area contributed by atoms with Gasteiger partial charge >= 0.3 is 0 Å². The highest BCUT2D eigenvalue weighted by atomic mass is 16.5. The number of pyridine rings is 1. The van der Waals surface area contributed by atoms with Crippen LogP contribution in [0.1, 0.15) is 35.8 Å². The minimum absolute atomic E-state index is 0.308. The zero-order valence-electron chi connectivity index (χ0n) is 13.4. The van der Waals surface area contributed by atoms with Crippen LogP contribution in [0.3, 0.4) is 0 Å². The van der Waals surface area contributed by atoms with Crippen molar-refractivity contribution >= 4 is 5.82 Å². The second kappa shape index (κ2) is 7.48. The first-order valence-electron chi connectivity index (χ1n) is 7.99. The summed E-state index contributed by atoms with van der Waals surface area (Å²) in [6, 6.07) is 6.38. The third-order valence-electron chi connectivity index (χ3n) is 4.10. The SMILES string of the molecule is COCc1nc(NCCc2cccnc2)cc(C2CC(N)C2)n1. The molecule has 0 amide bonds. The molecule has 2 aromatic heterocycles. The molecule has 6 nitrogen and oxygen atoms in total. The molecule has 1 aliphatic carbocycles. The maximum Gasteiger partial charge on any atom is 0.156 e. The van der Waals surface area contributed by atoms with Crippen molar-refractivity contribution in [3.05, 3.63) is 47.7 Å². The number of anilines is 1. The van der Waals surface area contributed by atoms with Crippen LogP contribution in [-0.4, -0.2) is 34.6 Å². The lowest BCUT2D eigenvalue weighted by Crippen LogP contribution is -2.35. The highest BCUT2D eigenvalue weighted by Crippen LogP contribution is 2.35. The van der Waals surface area contributed by atoms with E-state index in [0.717, 1.165) is 37.3 Å². The maximum atomic E-state index is 5.90. The first kappa shape index (κ1) is 15.8. The van der Waals surface area contributed by atoms with Crippen molar-refractivity contribution < 1.29 is 4.74 Å². The largest absolute Gasteiger partial charge is 0.377 e. The topological polar surface area (TPSA) is 86.0 Å². The third-order valence-corrected chi connectivity index (χ3v) is 4.10. The minimum Gasteiger partial charge on any atom is -0.377 e. The summed E-state index contributed by atoms with van der Waals surface area (Å²) in [5.41, 5.74) is 8.17. The molecule has 1 aliphatic rings. The summed E-state index contributed by atoms with van der Waals surface area (Å²) >= 11 is 0. The predicted molar refractivity (Wildman–Crippen MR) is 89.1 cm³/mol. The van der Waals surface area contributed by atoms with E-state index >= 15 is 0 Å². The van der Waals surface area contributed by atoms with Crippen LogP contribution in [-0.2, 0) is 17.8 Å². The Kier molecular flexibility index (Phi) is 5.15. The van der Waals surface area contributed by atoms with Crippen LogP contribution in [0.25, 0.3) is 0 Å². The molecule has 23 heavy (non-hydrogen) atoms. The fourth-order valence-electron chi connectivity index (χ4n) is 2.80. The zero-order valence-corrected chi connectivity index (χ0v) is 13.4. The van der Waals surface area contributed by atoms with Crippen molar-refractivity contribution in [2.75, 3.05) is 19.0 Å². The molecule has 0 unspecified atom stereocenters. The Balaban J connectivity index is 1.65. The number of nitrogens with two attached hydrogens (primary N) is 1. The summed E-state index contributed by atoms with van der Waals surface area (Å²) in [4.78, 5) is 13.3. The summed E-state index contributed by atoms with van der Waals surface area (Å²) in [5.74, 6) is 2.02. The molecule has 0 spiro atoms. The summed E-state index contributed by atoms with van der Waals surface area (Å²) in [5, 5.41) is 3.38. The van der Waals surface area contributed by atoms with E-state index in [2.05, 4.69) is 26.3 Å². The van der Waals surface area contributed by atoms with Gasteiger partial charge in [-0.15, -0.1) is 0 Å². The molecule has 2 heterocycles. The Morgan fingerprint density at radius 1 is 1.35 bits per heavy atom. The van der Waals surface area contributed by atoms with Gasteiger partial charge in [0.2, 0.25) is 0 Å². The average Bonchev–Trinajstić information content (AvgIpc) is 2.53. The summed E-state index contributed by atoms with van der Waals surface area (Å²) in [6.07, 6.45) is 6.57. The van der Waals surface area contributed by atoms with Crippen LogP contribution >= 0.6 is 0 Å². The molecular formula is C17H23N5O. The van der Waals surface area contributed by atoms with E-state index in [0.29, 0.717) is 24.4 Å². The Morgan fingerprint density at radius 2 is 2.22 bits per heavy atom. The molecule has 1 fully saturated rings. The van der Waals surface area contributed by atoms with Gasteiger partial charge in [0.15, 0.2) is 5.82 Å². The van der Waals surface area contributed by atoms with Crippen molar-refractivity contribution in [3.63, 3.8) is 0 Å². The minimum atomic E-state index is 0.308. The highest BCUT2D eigenvalue weighted by molar-refractivity contribution is 5.38. The first-order valence-corrected chi connectivity index (χ1v) is 7.99. The van der Waals surface area contributed by atoms with Crippen molar-refractivity contribution in [2.45, 2.75) is 37.8 Å². The average molecular weight is 313 g/mol. The van der Waals surface area contributed by atoms with Crippen LogP contribution < -0.4 is 11.1 Å². The normalized spacial score (nSPS) is 20.1. The number of aromatic nitrogens is 3. The molecular weight excluding hydrogens is 290 g/mol. The van der Waals surface area contributed by atoms with Gasteiger partial charge < -0.3 is 15.8 Å². The molecule has 1 saturated carbocycles. The number of nitrogens with one attached hydrogen (secondary N) is 1. The quantitative estimate of drug-likeness (QED) is 0.811. The lowest BCUT2D eigenvalue weighted by atomic mass is 9.78. The molecule has 3 rings (SSSR count). The molecule has 0 radical (unpaired) electrons. The second-order valence-corrected chi connectivity index (χ2v) is 5.99. The van der Waals surface area contributed by atoms with Crippen molar-refractivity contribution in [1.29, 1.82) is 0 Å². The Morgan fingerprint density at radius 3 is 2.91 bits per heavy atom. The third kappa shape index (κ3) is 4.24. The molecule has 0 aliphatic heterocycles. The van der Waals surface area contributed by atoms with E-state index in [1.807, 2.05) is 18.3 Å². The molecule has 0 saturated heterocycles. The molecule has 2 aromatic rings. The van der Waals surface area contributed by atoms with Crippen molar-refractivity contribution in [2.24, 2.45) is 5.73 Å². The number of methoxy groups -OCH3 is 1. The smallest absolute Gasteiger partial charge is 0.156 e. The Hall–Kier alpha value is -2.05. The molecule has 122 valence electrons. The number of rotatable bonds is 7. The van der Waals surface area contributed by atoms with E-state index in [1.54, 1.807) is 13.3 Å². The van der Waals surface area contributed by atoms with Crippen molar-refractivity contribution in [3.8, 4) is 0 Å².